The zero-order valence-corrected chi connectivity index (χ0v) is 6.42. The summed E-state index contributed by atoms with van der Waals surface area (Å²) in [5, 5.41) is 0. The first-order valence-electron chi connectivity index (χ1n) is 3.12. The first-order chi connectivity index (χ1) is 4.66. The summed E-state index contributed by atoms with van der Waals surface area (Å²) in [4.78, 5) is 9.86. The Kier molecular flexibility index (Phi) is 4.21. The van der Waals surface area contributed by atoms with Crippen LogP contribution in [0.2, 0.25) is 0 Å². The monoisotopic (exact) mass is 136 g/mol. The van der Waals surface area contributed by atoms with Crippen molar-refractivity contribution >= 4 is 6.29 Å². The molecule has 0 unspecified atom stereocenters. The Labute approximate surface area is 61.8 Å². The molecule has 0 fully saturated rings. The molecule has 0 aromatic carbocycles. The summed E-state index contributed by atoms with van der Waals surface area (Å²) in [5.41, 5.74) is 2.03. The molecule has 0 aliphatic rings. The Morgan fingerprint density at radius 2 is 2.00 bits per heavy atom. The highest BCUT2D eigenvalue weighted by molar-refractivity contribution is 5.65. The largest absolute Gasteiger partial charge is 0.299 e. The fraction of sp³-hybridized carbons (Fsp3) is 0.222. The molecule has 0 spiro atoms. The van der Waals surface area contributed by atoms with Crippen LogP contribution in [0, 0.1) is 0 Å². The minimum atomic E-state index is 0.760. The third kappa shape index (κ3) is 5.04. The highest BCUT2D eigenvalue weighted by Crippen LogP contribution is 1.99. The molecular formula is C9H12O. The van der Waals surface area contributed by atoms with Crippen LogP contribution in [0.15, 0.2) is 36.0 Å². The molecule has 0 saturated heterocycles. The average molecular weight is 136 g/mol. The van der Waals surface area contributed by atoms with Gasteiger partial charge in [0.1, 0.15) is 6.29 Å². The lowest BCUT2D eigenvalue weighted by molar-refractivity contribution is -0.104. The Balaban J connectivity index is 4.06. The molecule has 0 bridgehead atoms. The van der Waals surface area contributed by atoms with Gasteiger partial charge in [-0.15, -0.1) is 0 Å². The third-order valence-electron chi connectivity index (χ3n) is 0.912. The summed E-state index contributed by atoms with van der Waals surface area (Å²) in [6, 6.07) is 0. The smallest absolute Gasteiger partial charge is 0.142 e. The molecule has 54 valence electrons. The molecule has 0 aliphatic carbocycles. The van der Waals surface area contributed by atoms with E-state index in [9.17, 15) is 4.79 Å². The summed E-state index contributed by atoms with van der Waals surface area (Å²) in [6.45, 7) is 7.54. The zero-order chi connectivity index (χ0) is 7.98. The maximum Gasteiger partial charge on any atom is 0.142 e. The fourth-order valence-electron chi connectivity index (χ4n) is 0.628. The predicted molar refractivity (Wildman–Crippen MR) is 43.8 cm³/mol. The highest BCUT2D eigenvalue weighted by atomic mass is 16.1. The minimum Gasteiger partial charge on any atom is -0.299 e. The van der Waals surface area contributed by atoms with Gasteiger partial charge < -0.3 is 0 Å². The highest BCUT2D eigenvalue weighted by Gasteiger charge is 1.79. The van der Waals surface area contributed by atoms with Crippen molar-refractivity contribution in [3.63, 3.8) is 0 Å². The van der Waals surface area contributed by atoms with Crippen molar-refractivity contribution in [2.24, 2.45) is 0 Å². The Bertz CT molecular complexity index is 185. The molecule has 1 nitrogen and oxygen atoms in total. The van der Waals surface area contributed by atoms with E-state index in [1.165, 1.54) is 6.08 Å². The SMILES string of the molecule is C=C(C)C=C(C)C=CC=O. The minimum absolute atomic E-state index is 0.760. The van der Waals surface area contributed by atoms with Crippen LogP contribution in [0.5, 0.6) is 0 Å². The van der Waals surface area contributed by atoms with E-state index in [-0.39, 0.29) is 0 Å². The van der Waals surface area contributed by atoms with Crippen LogP contribution in [0.4, 0.5) is 0 Å². The van der Waals surface area contributed by atoms with Gasteiger partial charge in [0.05, 0.1) is 0 Å². The number of rotatable bonds is 3. The lowest BCUT2D eigenvalue weighted by atomic mass is 10.2. The maximum atomic E-state index is 9.86. The van der Waals surface area contributed by atoms with Crippen molar-refractivity contribution in [3.05, 3.63) is 36.0 Å². The second-order valence-corrected chi connectivity index (χ2v) is 2.23. The van der Waals surface area contributed by atoms with E-state index in [2.05, 4.69) is 6.58 Å². The lowest BCUT2D eigenvalue weighted by Gasteiger charge is -1.88. The van der Waals surface area contributed by atoms with E-state index in [1.54, 1.807) is 6.08 Å². The second-order valence-electron chi connectivity index (χ2n) is 2.23. The Hall–Kier alpha value is -1.11. The molecular weight excluding hydrogens is 124 g/mol. The summed E-state index contributed by atoms with van der Waals surface area (Å²) in [5.74, 6) is 0. The van der Waals surface area contributed by atoms with E-state index in [0.29, 0.717) is 0 Å². The van der Waals surface area contributed by atoms with Crippen LogP contribution in [-0.2, 0) is 4.79 Å². The molecule has 0 saturated carbocycles. The Morgan fingerprint density at radius 3 is 2.40 bits per heavy atom. The van der Waals surface area contributed by atoms with E-state index in [1.807, 2.05) is 19.9 Å². The zero-order valence-electron chi connectivity index (χ0n) is 6.42. The van der Waals surface area contributed by atoms with Crippen LogP contribution in [0.3, 0.4) is 0 Å². The number of hydrogen-bond acceptors (Lipinski definition) is 1. The summed E-state index contributed by atoms with van der Waals surface area (Å²) in [7, 11) is 0. The third-order valence-corrected chi connectivity index (χ3v) is 0.912. The average Bonchev–Trinajstić information content (AvgIpc) is 1.82. The molecule has 0 aliphatic heterocycles. The predicted octanol–water partition coefficient (Wildman–Crippen LogP) is 2.26. The van der Waals surface area contributed by atoms with Gasteiger partial charge in [0.2, 0.25) is 0 Å². The van der Waals surface area contributed by atoms with Gasteiger partial charge in [0.25, 0.3) is 0 Å². The van der Waals surface area contributed by atoms with Gasteiger partial charge in [0, 0.05) is 0 Å². The van der Waals surface area contributed by atoms with Crippen molar-refractivity contribution < 1.29 is 4.79 Å². The molecule has 10 heavy (non-hydrogen) atoms. The molecule has 0 radical (unpaired) electrons. The van der Waals surface area contributed by atoms with Crippen molar-refractivity contribution in [1.82, 2.24) is 0 Å². The normalized spacial score (nSPS) is 12.0. The fourth-order valence-corrected chi connectivity index (χ4v) is 0.628. The molecule has 0 rings (SSSR count). The number of hydrogen-bond donors (Lipinski definition) is 0. The van der Waals surface area contributed by atoms with E-state index >= 15 is 0 Å². The second kappa shape index (κ2) is 4.74. The molecule has 1 heteroatoms. The summed E-state index contributed by atoms with van der Waals surface area (Å²) >= 11 is 0. The van der Waals surface area contributed by atoms with Crippen LogP contribution in [0.25, 0.3) is 0 Å². The van der Waals surface area contributed by atoms with Gasteiger partial charge in [-0.25, -0.2) is 0 Å². The van der Waals surface area contributed by atoms with E-state index < -0.39 is 0 Å². The summed E-state index contributed by atoms with van der Waals surface area (Å²) in [6.07, 6.45) is 5.90. The lowest BCUT2D eigenvalue weighted by Crippen LogP contribution is -1.70. The van der Waals surface area contributed by atoms with E-state index in [0.717, 1.165) is 17.4 Å². The van der Waals surface area contributed by atoms with Gasteiger partial charge in [-0.3, -0.25) is 4.79 Å². The van der Waals surface area contributed by atoms with Crippen LogP contribution in [-0.4, -0.2) is 6.29 Å². The van der Waals surface area contributed by atoms with Crippen molar-refractivity contribution in [2.45, 2.75) is 13.8 Å². The van der Waals surface area contributed by atoms with Crippen LogP contribution < -0.4 is 0 Å². The van der Waals surface area contributed by atoms with Gasteiger partial charge in [0.15, 0.2) is 0 Å². The molecule has 0 amide bonds. The molecule has 0 atom stereocenters. The van der Waals surface area contributed by atoms with Crippen molar-refractivity contribution in [2.75, 3.05) is 0 Å². The van der Waals surface area contributed by atoms with Crippen molar-refractivity contribution in [1.29, 1.82) is 0 Å². The van der Waals surface area contributed by atoms with Gasteiger partial charge in [-0.05, 0) is 19.9 Å². The number of allylic oxidation sites excluding steroid dienone is 5. The first kappa shape index (κ1) is 8.89. The van der Waals surface area contributed by atoms with Gasteiger partial charge in [-0.1, -0.05) is 29.9 Å². The number of aldehydes is 1. The van der Waals surface area contributed by atoms with Crippen LogP contribution in [0.1, 0.15) is 13.8 Å². The van der Waals surface area contributed by atoms with Crippen LogP contribution >= 0.6 is 0 Å². The maximum absolute atomic E-state index is 9.86. The van der Waals surface area contributed by atoms with Crippen molar-refractivity contribution in [3.8, 4) is 0 Å². The number of carbonyl (C=O) groups excluding carboxylic acids is 1. The first-order valence-corrected chi connectivity index (χ1v) is 3.12. The topological polar surface area (TPSA) is 17.1 Å². The molecule has 0 aromatic heterocycles. The standard InChI is InChI=1S/C9H12O/c1-8(2)7-9(3)5-4-6-10/h4-7H,1H2,2-3H3. The summed E-state index contributed by atoms with van der Waals surface area (Å²) < 4.78 is 0. The molecule has 0 heterocycles. The van der Waals surface area contributed by atoms with Gasteiger partial charge in [-0.2, -0.15) is 0 Å². The number of carbonyl (C=O) groups is 1. The van der Waals surface area contributed by atoms with Gasteiger partial charge >= 0.3 is 0 Å². The molecule has 0 aromatic rings. The quantitative estimate of drug-likeness (QED) is 0.330. The molecule has 0 N–H and O–H groups in total. The Morgan fingerprint density at radius 1 is 1.40 bits per heavy atom. The van der Waals surface area contributed by atoms with E-state index in [4.69, 9.17) is 0 Å².